The van der Waals surface area contributed by atoms with Crippen molar-refractivity contribution in [2.45, 2.75) is 6.92 Å². The lowest BCUT2D eigenvalue weighted by Crippen LogP contribution is -2.24. The molecule has 2 aromatic carbocycles. The van der Waals surface area contributed by atoms with E-state index in [4.69, 9.17) is 34.7 Å². The Bertz CT molecular complexity index is 1080. The molecule has 1 aromatic heterocycles. The zero-order valence-electron chi connectivity index (χ0n) is 13.6. The van der Waals surface area contributed by atoms with Crippen LogP contribution in [0.15, 0.2) is 41.4 Å². The molecule has 0 saturated heterocycles. The van der Waals surface area contributed by atoms with Crippen LogP contribution in [0.3, 0.4) is 0 Å². The van der Waals surface area contributed by atoms with Crippen LogP contribution in [0.2, 0.25) is 10.0 Å². The van der Waals surface area contributed by atoms with E-state index in [0.717, 1.165) is 0 Å². The van der Waals surface area contributed by atoms with Crippen molar-refractivity contribution in [2.75, 3.05) is 0 Å². The molecule has 0 unspecified atom stereocenters. The number of rotatable bonds is 2. The maximum atomic E-state index is 13.4. The van der Waals surface area contributed by atoms with Crippen molar-refractivity contribution in [3.8, 4) is 11.1 Å². The Kier molecular flexibility index (Phi) is 4.80. The van der Waals surface area contributed by atoms with Crippen LogP contribution in [0.5, 0.6) is 0 Å². The summed E-state index contributed by atoms with van der Waals surface area (Å²) in [6.45, 7) is 1.75. The number of aryl methyl sites for hydroxylation is 1. The molecule has 26 heavy (non-hydrogen) atoms. The normalized spacial score (nSPS) is 10.8. The van der Waals surface area contributed by atoms with E-state index in [1.54, 1.807) is 25.1 Å². The van der Waals surface area contributed by atoms with Crippen molar-refractivity contribution >= 4 is 46.0 Å². The second kappa shape index (κ2) is 6.90. The number of hydrogen-bond donors (Lipinski definition) is 2. The molecule has 8 heteroatoms. The minimum absolute atomic E-state index is 0.194. The van der Waals surface area contributed by atoms with E-state index in [-0.39, 0.29) is 16.5 Å². The number of carbonyl (C=O) groups excluding carboxylic acids is 1. The Morgan fingerprint density at radius 1 is 1.15 bits per heavy atom. The summed E-state index contributed by atoms with van der Waals surface area (Å²) in [5.74, 6) is -1.40. The number of benzene rings is 2. The number of nitrogens with zero attached hydrogens (tertiary/aromatic N) is 2. The highest BCUT2D eigenvalue weighted by molar-refractivity contribution is 6.38. The Labute approximate surface area is 158 Å². The van der Waals surface area contributed by atoms with Gasteiger partial charge in [0, 0.05) is 22.1 Å². The van der Waals surface area contributed by atoms with Crippen LogP contribution >= 0.6 is 23.2 Å². The molecule has 0 aliphatic heterocycles. The molecule has 4 N–H and O–H groups in total. The van der Waals surface area contributed by atoms with Gasteiger partial charge in [-0.2, -0.15) is 4.99 Å². The van der Waals surface area contributed by atoms with Gasteiger partial charge >= 0.3 is 0 Å². The first-order chi connectivity index (χ1) is 12.3. The van der Waals surface area contributed by atoms with Crippen LogP contribution < -0.4 is 11.5 Å². The highest BCUT2D eigenvalue weighted by atomic mass is 35.5. The molecule has 0 bridgehead atoms. The SMILES string of the molecule is Cc1nc2ccc(C(=O)N=C(N)N)cc2c(-c2ccc(F)cc2Cl)c1Cl. The summed E-state index contributed by atoms with van der Waals surface area (Å²) in [5.41, 5.74) is 13.0. The van der Waals surface area contributed by atoms with E-state index in [0.29, 0.717) is 32.7 Å². The van der Waals surface area contributed by atoms with Crippen LogP contribution in [0.4, 0.5) is 4.39 Å². The number of nitrogens with two attached hydrogens (primary N) is 2. The van der Waals surface area contributed by atoms with Crippen LogP contribution in [0.25, 0.3) is 22.0 Å². The predicted octanol–water partition coefficient (Wildman–Crippen LogP) is 4.07. The number of carbonyl (C=O) groups is 1. The molecule has 0 radical (unpaired) electrons. The summed E-state index contributed by atoms with van der Waals surface area (Å²) >= 11 is 12.7. The number of aromatic nitrogens is 1. The van der Waals surface area contributed by atoms with Crippen molar-refractivity contribution in [1.82, 2.24) is 4.98 Å². The summed E-state index contributed by atoms with van der Waals surface area (Å²) in [6, 6.07) is 8.82. The number of halogens is 3. The van der Waals surface area contributed by atoms with Crippen molar-refractivity contribution in [2.24, 2.45) is 16.5 Å². The summed E-state index contributed by atoms with van der Waals surface area (Å²) in [7, 11) is 0. The minimum Gasteiger partial charge on any atom is -0.370 e. The maximum absolute atomic E-state index is 13.4. The van der Waals surface area contributed by atoms with Crippen molar-refractivity contribution in [1.29, 1.82) is 0 Å². The fourth-order valence-corrected chi connectivity index (χ4v) is 3.14. The lowest BCUT2D eigenvalue weighted by molar-refractivity contribution is 0.100. The Morgan fingerprint density at radius 3 is 2.54 bits per heavy atom. The van der Waals surface area contributed by atoms with Crippen molar-refractivity contribution in [3.05, 3.63) is 63.5 Å². The number of aliphatic imine (C=N–C) groups is 1. The Hall–Kier alpha value is -2.70. The molecule has 0 saturated carbocycles. The predicted molar refractivity (Wildman–Crippen MR) is 102 cm³/mol. The number of hydrogen-bond acceptors (Lipinski definition) is 2. The summed E-state index contributed by atoms with van der Waals surface area (Å²) in [4.78, 5) is 20.1. The molecule has 1 amide bonds. The summed E-state index contributed by atoms with van der Waals surface area (Å²) < 4.78 is 13.4. The largest absolute Gasteiger partial charge is 0.370 e. The number of guanidine groups is 1. The van der Waals surface area contributed by atoms with Gasteiger partial charge in [0.2, 0.25) is 0 Å². The van der Waals surface area contributed by atoms with Crippen LogP contribution in [0.1, 0.15) is 16.1 Å². The molecular formula is C18H13Cl2FN4O. The molecular weight excluding hydrogens is 378 g/mol. The monoisotopic (exact) mass is 390 g/mol. The second-order valence-electron chi connectivity index (χ2n) is 5.58. The first kappa shape index (κ1) is 18.1. The standard InChI is InChI=1S/C18H13Cl2FN4O/c1-8-16(20)15(11-4-3-10(21)7-13(11)19)12-6-9(2-5-14(12)24-8)17(26)25-18(22)23/h2-7H,1H3,(H4,22,23,25,26). The third-order valence-electron chi connectivity index (χ3n) is 3.77. The molecule has 132 valence electrons. The Balaban J connectivity index is 2.34. The van der Waals surface area contributed by atoms with Crippen LogP contribution in [-0.4, -0.2) is 16.9 Å². The Morgan fingerprint density at radius 2 is 1.88 bits per heavy atom. The lowest BCUT2D eigenvalue weighted by atomic mass is 9.98. The van der Waals surface area contributed by atoms with Gasteiger partial charge in [-0.3, -0.25) is 9.78 Å². The van der Waals surface area contributed by atoms with Gasteiger partial charge in [0.05, 0.1) is 21.3 Å². The maximum Gasteiger partial charge on any atom is 0.280 e. The van der Waals surface area contributed by atoms with Gasteiger partial charge in [0.1, 0.15) is 5.82 Å². The van der Waals surface area contributed by atoms with E-state index >= 15 is 0 Å². The number of pyridine rings is 1. The van der Waals surface area contributed by atoms with E-state index < -0.39 is 11.7 Å². The average molecular weight is 391 g/mol. The summed E-state index contributed by atoms with van der Waals surface area (Å²) in [6.07, 6.45) is 0. The highest BCUT2D eigenvalue weighted by Crippen LogP contribution is 2.40. The lowest BCUT2D eigenvalue weighted by Gasteiger charge is -2.13. The minimum atomic E-state index is -0.597. The topological polar surface area (TPSA) is 94.4 Å². The van der Waals surface area contributed by atoms with Crippen molar-refractivity contribution < 1.29 is 9.18 Å². The van der Waals surface area contributed by atoms with Crippen LogP contribution in [0, 0.1) is 12.7 Å². The van der Waals surface area contributed by atoms with E-state index in [9.17, 15) is 9.18 Å². The fraction of sp³-hybridized carbons (Fsp3) is 0.0556. The van der Waals surface area contributed by atoms with E-state index in [2.05, 4.69) is 9.98 Å². The second-order valence-corrected chi connectivity index (χ2v) is 6.37. The molecule has 1 heterocycles. The van der Waals surface area contributed by atoms with Gasteiger partial charge in [0.15, 0.2) is 5.96 Å². The first-order valence-electron chi connectivity index (χ1n) is 7.47. The summed E-state index contributed by atoms with van der Waals surface area (Å²) in [5, 5.41) is 1.13. The molecule has 0 atom stereocenters. The molecule has 5 nitrogen and oxygen atoms in total. The number of amides is 1. The third kappa shape index (κ3) is 3.34. The fourth-order valence-electron chi connectivity index (χ4n) is 2.63. The quantitative estimate of drug-likeness (QED) is 0.509. The molecule has 0 aliphatic carbocycles. The molecule has 0 aliphatic rings. The van der Waals surface area contributed by atoms with Gasteiger partial charge in [0.25, 0.3) is 5.91 Å². The van der Waals surface area contributed by atoms with Gasteiger partial charge in [-0.05, 0) is 43.3 Å². The van der Waals surface area contributed by atoms with E-state index in [1.165, 1.54) is 18.2 Å². The molecule has 3 rings (SSSR count). The average Bonchev–Trinajstić information content (AvgIpc) is 2.56. The van der Waals surface area contributed by atoms with Gasteiger partial charge < -0.3 is 11.5 Å². The third-order valence-corrected chi connectivity index (χ3v) is 4.54. The van der Waals surface area contributed by atoms with Crippen LogP contribution in [-0.2, 0) is 0 Å². The van der Waals surface area contributed by atoms with Crippen molar-refractivity contribution in [3.63, 3.8) is 0 Å². The molecule has 0 spiro atoms. The van der Waals surface area contributed by atoms with E-state index in [1.807, 2.05) is 0 Å². The highest BCUT2D eigenvalue weighted by Gasteiger charge is 2.17. The van der Waals surface area contributed by atoms with Gasteiger partial charge in [-0.25, -0.2) is 4.39 Å². The zero-order valence-corrected chi connectivity index (χ0v) is 15.1. The molecule has 3 aromatic rings. The smallest absolute Gasteiger partial charge is 0.280 e. The van der Waals surface area contributed by atoms with Gasteiger partial charge in [-0.15, -0.1) is 0 Å². The zero-order chi connectivity index (χ0) is 19.0. The van der Waals surface area contributed by atoms with Gasteiger partial charge in [-0.1, -0.05) is 23.2 Å². The molecule has 0 fully saturated rings. The first-order valence-corrected chi connectivity index (χ1v) is 8.22. The number of fused-ring (bicyclic) bond motifs is 1.